The Balaban J connectivity index is 1.64. The molecule has 26 heavy (non-hydrogen) atoms. The number of fused-ring (bicyclic) bond motifs is 1. The van der Waals surface area contributed by atoms with E-state index in [0.29, 0.717) is 25.9 Å². The van der Waals surface area contributed by atoms with Gasteiger partial charge in [0.2, 0.25) is 0 Å². The maximum absolute atomic E-state index is 12.1. The number of nitrogens with zero attached hydrogens (tertiary/aromatic N) is 4. The average molecular weight is 350 g/mol. The number of carboxylic acids is 1. The number of aryl methyl sites for hydroxylation is 2. The van der Waals surface area contributed by atoms with Crippen molar-refractivity contribution in [3.05, 3.63) is 54.1 Å². The van der Waals surface area contributed by atoms with Crippen LogP contribution in [0, 0.1) is 13.8 Å². The van der Waals surface area contributed by atoms with Crippen LogP contribution in [0.2, 0.25) is 0 Å². The Hall–Kier alpha value is -2.89. The van der Waals surface area contributed by atoms with Gasteiger partial charge in [-0.15, -0.1) is 0 Å². The highest BCUT2D eigenvalue weighted by Crippen LogP contribution is 2.34. The number of pyridine rings is 1. The van der Waals surface area contributed by atoms with E-state index >= 15 is 0 Å². The zero-order valence-electron chi connectivity index (χ0n) is 15.0. The third-order valence-corrected chi connectivity index (χ3v) is 5.51. The zero-order valence-corrected chi connectivity index (χ0v) is 15.0. The van der Waals surface area contributed by atoms with Crippen LogP contribution in [0.15, 0.2) is 42.7 Å². The average Bonchev–Trinajstić information content (AvgIpc) is 3.08. The van der Waals surface area contributed by atoms with Crippen molar-refractivity contribution in [2.24, 2.45) is 0 Å². The van der Waals surface area contributed by atoms with E-state index in [1.807, 2.05) is 29.7 Å². The van der Waals surface area contributed by atoms with Crippen LogP contribution >= 0.6 is 0 Å². The molecule has 0 amide bonds. The normalized spacial score (nSPS) is 16.8. The fourth-order valence-corrected chi connectivity index (χ4v) is 3.99. The first-order valence-electron chi connectivity index (χ1n) is 8.86. The Morgan fingerprint density at radius 3 is 2.58 bits per heavy atom. The molecule has 134 valence electrons. The summed E-state index contributed by atoms with van der Waals surface area (Å²) in [6.07, 6.45) is 4.48. The molecule has 1 N–H and O–H groups in total. The van der Waals surface area contributed by atoms with E-state index < -0.39 is 11.5 Å². The second kappa shape index (κ2) is 6.12. The third kappa shape index (κ3) is 2.53. The molecule has 1 saturated heterocycles. The number of benzene rings is 1. The molecule has 0 spiro atoms. The largest absolute Gasteiger partial charge is 0.479 e. The first-order chi connectivity index (χ1) is 12.5. The molecule has 0 radical (unpaired) electrons. The number of imidazole rings is 1. The minimum Gasteiger partial charge on any atom is -0.479 e. The van der Waals surface area contributed by atoms with Crippen LogP contribution < -0.4 is 4.90 Å². The number of rotatable bonds is 3. The Labute approximate surface area is 152 Å². The Kier molecular flexibility index (Phi) is 3.90. The number of aliphatic carboxylic acids is 1. The highest BCUT2D eigenvalue weighted by atomic mass is 16.4. The topological polar surface area (TPSA) is 71.2 Å². The van der Waals surface area contributed by atoms with Gasteiger partial charge in [0.05, 0.1) is 5.52 Å². The van der Waals surface area contributed by atoms with Crippen LogP contribution in [0.5, 0.6) is 0 Å². The Morgan fingerprint density at radius 1 is 1.19 bits per heavy atom. The summed E-state index contributed by atoms with van der Waals surface area (Å²) in [5.41, 5.74) is 1.23. The molecule has 0 unspecified atom stereocenters. The third-order valence-electron chi connectivity index (χ3n) is 5.51. The summed E-state index contributed by atoms with van der Waals surface area (Å²) < 4.78 is 1.81. The maximum atomic E-state index is 12.1. The lowest BCUT2D eigenvalue weighted by molar-refractivity contribution is -0.149. The number of carbonyl (C=O) groups is 1. The lowest BCUT2D eigenvalue weighted by Gasteiger charge is -2.40. The van der Waals surface area contributed by atoms with E-state index in [-0.39, 0.29) is 0 Å². The van der Waals surface area contributed by atoms with E-state index in [4.69, 9.17) is 4.98 Å². The highest BCUT2D eigenvalue weighted by Gasteiger charge is 2.44. The smallest absolute Gasteiger partial charge is 0.330 e. The van der Waals surface area contributed by atoms with Gasteiger partial charge in [-0.3, -0.25) is 0 Å². The Bertz CT molecular complexity index is 971. The molecule has 0 bridgehead atoms. The predicted octanol–water partition coefficient (Wildman–Crippen LogP) is 3.13. The Morgan fingerprint density at radius 2 is 1.92 bits per heavy atom. The van der Waals surface area contributed by atoms with E-state index in [0.717, 1.165) is 22.5 Å². The molecule has 2 aromatic heterocycles. The molecule has 6 heteroatoms. The molecular formula is C20H22N4O2. The van der Waals surface area contributed by atoms with Gasteiger partial charge in [-0.1, -0.05) is 18.2 Å². The number of piperidine rings is 1. The number of para-hydroxylation sites is 1. The van der Waals surface area contributed by atoms with Crippen molar-refractivity contribution in [2.75, 3.05) is 18.0 Å². The lowest BCUT2D eigenvalue weighted by atomic mass is 9.87. The summed E-state index contributed by atoms with van der Waals surface area (Å²) >= 11 is 0. The molecule has 6 nitrogen and oxygen atoms in total. The summed E-state index contributed by atoms with van der Waals surface area (Å²) in [6.45, 7) is 5.24. The summed E-state index contributed by atoms with van der Waals surface area (Å²) in [5.74, 6) is 0.865. The first-order valence-corrected chi connectivity index (χ1v) is 8.86. The molecule has 0 saturated carbocycles. The van der Waals surface area contributed by atoms with Crippen LogP contribution in [0.4, 0.5) is 5.82 Å². The molecule has 1 fully saturated rings. The van der Waals surface area contributed by atoms with Crippen LogP contribution in [-0.4, -0.2) is 38.7 Å². The summed E-state index contributed by atoms with van der Waals surface area (Å²) in [5, 5.41) is 11.1. The van der Waals surface area contributed by atoms with Crippen LogP contribution in [0.25, 0.3) is 10.9 Å². The monoisotopic (exact) mass is 350 g/mol. The van der Waals surface area contributed by atoms with Crippen molar-refractivity contribution in [3.63, 3.8) is 0 Å². The number of hydrogen-bond acceptors (Lipinski definition) is 4. The van der Waals surface area contributed by atoms with Gasteiger partial charge in [0.1, 0.15) is 17.2 Å². The molecule has 3 aromatic rings. The van der Waals surface area contributed by atoms with Crippen LogP contribution in [0.1, 0.15) is 24.2 Å². The second-order valence-electron chi connectivity index (χ2n) is 6.98. The molecule has 0 aliphatic carbocycles. The van der Waals surface area contributed by atoms with Crippen molar-refractivity contribution >= 4 is 22.7 Å². The van der Waals surface area contributed by atoms with Gasteiger partial charge >= 0.3 is 5.97 Å². The van der Waals surface area contributed by atoms with Gasteiger partial charge < -0.3 is 14.6 Å². The quantitative estimate of drug-likeness (QED) is 0.786. The molecule has 1 aliphatic rings. The maximum Gasteiger partial charge on any atom is 0.330 e. The molecule has 3 heterocycles. The lowest BCUT2D eigenvalue weighted by Crippen LogP contribution is -2.51. The first kappa shape index (κ1) is 16.6. The molecule has 4 rings (SSSR count). The van der Waals surface area contributed by atoms with Gasteiger partial charge in [0.15, 0.2) is 0 Å². The number of aromatic nitrogens is 3. The molecular weight excluding hydrogens is 328 g/mol. The fraction of sp³-hybridized carbons (Fsp3) is 0.350. The van der Waals surface area contributed by atoms with Gasteiger partial charge in [-0.05, 0) is 44.4 Å². The zero-order chi connectivity index (χ0) is 18.3. The summed E-state index contributed by atoms with van der Waals surface area (Å²) in [7, 11) is 0. The van der Waals surface area contributed by atoms with Gasteiger partial charge in [-0.2, -0.15) is 0 Å². The van der Waals surface area contributed by atoms with Crippen LogP contribution in [-0.2, 0) is 10.3 Å². The van der Waals surface area contributed by atoms with E-state index in [2.05, 4.69) is 28.9 Å². The van der Waals surface area contributed by atoms with Crippen LogP contribution in [0.3, 0.4) is 0 Å². The molecule has 0 atom stereocenters. The highest BCUT2D eigenvalue weighted by molar-refractivity contribution is 5.84. The number of anilines is 1. The SMILES string of the molecule is Cc1cc(N2CCC(C(=O)O)(n3ccnc3C)CC2)nc2ccccc12. The van der Waals surface area contributed by atoms with Crippen molar-refractivity contribution in [3.8, 4) is 0 Å². The standard InChI is InChI=1S/C20H22N4O2/c1-14-13-18(22-17-6-4-3-5-16(14)17)23-10-7-20(8-11-23,19(25)26)24-12-9-21-15(24)2/h3-6,9,12-13H,7-8,10-11H2,1-2H3,(H,25,26). The summed E-state index contributed by atoms with van der Waals surface area (Å²) in [6, 6.07) is 10.2. The van der Waals surface area contributed by atoms with Crippen molar-refractivity contribution < 1.29 is 9.90 Å². The van der Waals surface area contributed by atoms with Gasteiger partial charge in [0.25, 0.3) is 0 Å². The predicted molar refractivity (Wildman–Crippen MR) is 101 cm³/mol. The van der Waals surface area contributed by atoms with Gasteiger partial charge in [-0.25, -0.2) is 14.8 Å². The minimum atomic E-state index is -0.928. The fourth-order valence-electron chi connectivity index (χ4n) is 3.99. The van der Waals surface area contributed by atoms with Crippen molar-refractivity contribution in [2.45, 2.75) is 32.2 Å². The number of carboxylic acid groups (broad SMARTS) is 1. The number of hydrogen-bond donors (Lipinski definition) is 1. The summed E-state index contributed by atoms with van der Waals surface area (Å²) in [4.78, 5) is 23.3. The van der Waals surface area contributed by atoms with E-state index in [1.165, 1.54) is 5.56 Å². The van der Waals surface area contributed by atoms with E-state index in [9.17, 15) is 9.90 Å². The molecule has 1 aromatic carbocycles. The van der Waals surface area contributed by atoms with Crippen molar-refractivity contribution in [1.82, 2.24) is 14.5 Å². The van der Waals surface area contributed by atoms with Gasteiger partial charge in [0, 0.05) is 30.9 Å². The minimum absolute atomic E-state index is 0.521. The van der Waals surface area contributed by atoms with E-state index in [1.54, 1.807) is 12.4 Å². The van der Waals surface area contributed by atoms with Crippen molar-refractivity contribution in [1.29, 1.82) is 0 Å². The molecule has 1 aliphatic heterocycles. The second-order valence-corrected chi connectivity index (χ2v) is 6.98.